The summed E-state index contributed by atoms with van der Waals surface area (Å²) >= 11 is 0. The molecule has 106 valence electrons. The molecular formula is C16H26N2O. The highest BCUT2D eigenvalue weighted by Gasteiger charge is 2.20. The van der Waals surface area contributed by atoms with Crippen molar-refractivity contribution in [1.82, 2.24) is 10.2 Å². The van der Waals surface area contributed by atoms with Gasteiger partial charge in [0.25, 0.3) is 0 Å². The van der Waals surface area contributed by atoms with E-state index in [1.165, 1.54) is 31.4 Å². The third-order valence-corrected chi connectivity index (χ3v) is 4.17. The van der Waals surface area contributed by atoms with Crippen LogP contribution >= 0.6 is 0 Å². The number of para-hydroxylation sites is 1. The van der Waals surface area contributed by atoms with E-state index in [2.05, 4.69) is 36.3 Å². The zero-order valence-corrected chi connectivity index (χ0v) is 12.4. The Morgan fingerprint density at radius 2 is 2.16 bits per heavy atom. The van der Waals surface area contributed by atoms with Crippen LogP contribution < -0.4 is 10.1 Å². The molecule has 0 aliphatic carbocycles. The van der Waals surface area contributed by atoms with Gasteiger partial charge in [-0.05, 0) is 39.4 Å². The van der Waals surface area contributed by atoms with Gasteiger partial charge in [0.2, 0.25) is 0 Å². The van der Waals surface area contributed by atoms with Crippen LogP contribution in [-0.4, -0.2) is 38.2 Å². The van der Waals surface area contributed by atoms with Gasteiger partial charge in [0.05, 0.1) is 7.11 Å². The maximum atomic E-state index is 5.46. The standard InChI is InChI=1S/C16H26N2O/c1-13(15-9-4-5-10-16(15)19-3)18(2)12-14-8-6-7-11-17-14/h4-5,9-10,13-14,17H,6-8,11-12H2,1-3H3. The summed E-state index contributed by atoms with van der Waals surface area (Å²) in [4.78, 5) is 2.42. The van der Waals surface area contributed by atoms with E-state index in [0.717, 1.165) is 12.3 Å². The molecule has 1 aromatic rings. The molecule has 2 rings (SSSR count). The van der Waals surface area contributed by atoms with Gasteiger partial charge in [-0.1, -0.05) is 24.6 Å². The number of nitrogens with zero attached hydrogens (tertiary/aromatic N) is 1. The lowest BCUT2D eigenvalue weighted by Gasteiger charge is -2.32. The van der Waals surface area contributed by atoms with Gasteiger partial charge in [-0.25, -0.2) is 0 Å². The van der Waals surface area contributed by atoms with E-state index < -0.39 is 0 Å². The molecule has 2 atom stereocenters. The fourth-order valence-corrected chi connectivity index (χ4v) is 2.83. The van der Waals surface area contributed by atoms with Gasteiger partial charge in [0, 0.05) is 24.2 Å². The highest BCUT2D eigenvalue weighted by Crippen LogP contribution is 2.28. The first-order valence-electron chi connectivity index (χ1n) is 7.29. The summed E-state index contributed by atoms with van der Waals surface area (Å²) in [7, 11) is 3.95. The minimum absolute atomic E-state index is 0.375. The number of benzene rings is 1. The lowest BCUT2D eigenvalue weighted by molar-refractivity contribution is 0.211. The Balaban J connectivity index is 1.99. The Morgan fingerprint density at radius 1 is 1.37 bits per heavy atom. The minimum Gasteiger partial charge on any atom is -0.496 e. The molecule has 1 N–H and O–H groups in total. The monoisotopic (exact) mass is 262 g/mol. The minimum atomic E-state index is 0.375. The maximum absolute atomic E-state index is 5.46. The molecule has 1 saturated heterocycles. The zero-order chi connectivity index (χ0) is 13.7. The fraction of sp³-hybridized carbons (Fsp3) is 0.625. The van der Waals surface area contributed by atoms with Crippen molar-refractivity contribution < 1.29 is 4.74 Å². The summed E-state index contributed by atoms with van der Waals surface area (Å²) in [5, 5.41) is 3.61. The summed E-state index contributed by atoms with van der Waals surface area (Å²) in [5.74, 6) is 0.985. The van der Waals surface area contributed by atoms with Crippen molar-refractivity contribution in [1.29, 1.82) is 0 Å². The van der Waals surface area contributed by atoms with Gasteiger partial charge in [0.15, 0.2) is 0 Å². The molecule has 1 fully saturated rings. The second-order valence-corrected chi connectivity index (χ2v) is 5.50. The van der Waals surface area contributed by atoms with E-state index in [9.17, 15) is 0 Å². The van der Waals surface area contributed by atoms with E-state index in [-0.39, 0.29) is 0 Å². The number of ether oxygens (including phenoxy) is 1. The molecule has 0 spiro atoms. The number of hydrogen-bond donors (Lipinski definition) is 1. The van der Waals surface area contributed by atoms with Crippen molar-refractivity contribution in [3.8, 4) is 5.75 Å². The van der Waals surface area contributed by atoms with Crippen LogP contribution in [0.5, 0.6) is 5.75 Å². The van der Waals surface area contributed by atoms with E-state index >= 15 is 0 Å². The Labute approximate surface area is 116 Å². The molecule has 1 aliphatic heterocycles. The average Bonchev–Trinajstić information content (AvgIpc) is 2.47. The molecule has 1 heterocycles. The molecule has 3 nitrogen and oxygen atoms in total. The summed E-state index contributed by atoms with van der Waals surface area (Å²) in [6.07, 6.45) is 3.97. The average molecular weight is 262 g/mol. The van der Waals surface area contributed by atoms with Crippen LogP contribution in [0, 0.1) is 0 Å². The number of hydrogen-bond acceptors (Lipinski definition) is 3. The van der Waals surface area contributed by atoms with Crippen molar-refractivity contribution in [2.24, 2.45) is 0 Å². The molecule has 0 saturated carbocycles. The van der Waals surface area contributed by atoms with Gasteiger partial charge in [-0.3, -0.25) is 4.90 Å². The normalized spacial score (nSPS) is 21.4. The van der Waals surface area contributed by atoms with Crippen molar-refractivity contribution in [3.63, 3.8) is 0 Å². The van der Waals surface area contributed by atoms with Crippen LogP contribution in [0.15, 0.2) is 24.3 Å². The molecule has 2 unspecified atom stereocenters. The molecule has 3 heteroatoms. The number of piperidine rings is 1. The second-order valence-electron chi connectivity index (χ2n) is 5.50. The molecule has 0 aromatic heterocycles. The van der Waals surface area contributed by atoms with Crippen molar-refractivity contribution >= 4 is 0 Å². The Bertz CT molecular complexity index is 388. The van der Waals surface area contributed by atoms with Crippen LogP contribution in [0.3, 0.4) is 0 Å². The largest absolute Gasteiger partial charge is 0.496 e. The van der Waals surface area contributed by atoms with Crippen LogP contribution in [0.1, 0.15) is 37.8 Å². The second kappa shape index (κ2) is 6.92. The Morgan fingerprint density at radius 3 is 2.84 bits per heavy atom. The van der Waals surface area contributed by atoms with Crippen LogP contribution in [-0.2, 0) is 0 Å². The first kappa shape index (κ1) is 14.4. The van der Waals surface area contributed by atoms with Gasteiger partial charge in [-0.2, -0.15) is 0 Å². The van der Waals surface area contributed by atoms with Gasteiger partial charge in [-0.15, -0.1) is 0 Å². The van der Waals surface area contributed by atoms with Crippen molar-refractivity contribution in [3.05, 3.63) is 29.8 Å². The lowest BCUT2D eigenvalue weighted by Crippen LogP contribution is -2.43. The number of rotatable bonds is 5. The number of nitrogens with one attached hydrogen (secondary N) is 1. The highest BCUT2D eigenvalue weighted by molar-refractivity contribution is 5.35. The van der Waals surface area contributed by atoms with Crippen molar-refractivity contribution in [2.45, 2.75) is 38.3 Å². The molecule has 0 radical (unpaired) electrons. The van der Waals surface area contributed by atoms with Crippen LogP contribution in [0.2, 0.25) is 0 Å². The van der Waals surface area contributed by atoms with E-state index in [1.54, 1.807) is 7.11 Å². The van der Waals surface area contributed by atoms with E-state index in [4.69, 9.17) is 4.74 Å². The smallest absolute Gasteiger partial charge is 0.123 e. The van der Waals surface area contributed by atoms with E-state index in [1.807, 2.05) is 12.1 Å². The summed E-state index contributed by atoms with van der Waals surface area (Å²) < 4.78 is 5.46. The zero-order valence-electron chi connectivity index (χ0n) is 12.4. The molecular weight excluding hydrogens is 236 g/mol. The molecule has 1 aromatic carbocycles. The third kappa shape index (κ3) is 3.71. The summed E-state index contributed by atoms with van der Waals surface area (Å²) in [5.41, 5.74) is 1.27. The summed E-state index contributed by atoms with van der Waals surface area (Å²) in [6.45, 7) is 4.52. The Hall–Kier alpha value is -1.06. The maximum Gasteiger partial charge on any atom is 0.123 e. The topological polar surface area (TPSA) is 24.5 Å². The fourth-order valence-electron chi connectivity index (χ4n) is 2.83. The third-order valence-electron chi connectivity index (χ3n) is 4.17. The lowest BCUT2D eigenvalue weighted by atomic mass is 10.0. The highest BCUT2D eigenvalue weighted by atomic mass is 16.5. The van der Waals surface area contributed by atoms with Crippen LogP contribution in [0.4, 0.5) is 0 Å². The molecule has 19 heavy (non-hydrogen) atoms. The van der Waals surface area contributed by atoms with Gasteiger partial charge >= 0.3 is 0 Å². The van der Waals surface area contributed by atoms with Gasteiger partial charge in [0.1, 0.15) is 5.75 Å². The quantitative estimate of drug-likeness (QED) is 0.883. The van der Waals surface area contributed by atoms with Crippen molar-refractivity contribution in [2.75, 3.05) is 27.2 Å². The first-order valence-corrected chi connectivity index (χ1v) is 7.29. The van der Waals surface area contributed by atoms with E-state index in [0.29, 0.717) is 12.1 Å². The first-order chi connectivity index (χ1) is 9.22. The predicted octanol–water partition coefficient (Wildman–Crippen LogP) is 2.83. The Kier molecular flexibility index (Phi) is 5.23. The predicted molar refractivity (Wildman–Crippen MR) is 79.7 cm³/mol. The SMILES string of the molecule is COc1ccccc1C(C)N(C)CC1CCCCN1. The number of likely N-dealkylation sites (N-methyl/N-ethyl adjacent to an activating group) is 1. The summed E-state index contributed by atoms with van der Waals surface area (Å²) in [6, 6.07) is 9.32. The van der Waals surface area contributed by atoms with Crippen LogP contribution in [0.25, 0.3) is 0 Å². The van der Waals surface area contributed by atoms with Gasteiger partial charge < -0.3 is 10.1 Å². The number of methoxy groups -OCH3 is 1. The molecule has 1 aliphatic rings. The molecule has 0 bridgehead atoms. The molecule has 0 amide bonds.